The minimum atomic E-state index is -4.41. The summed E-state index contributed by atoms with van der Waals surface area (Å²) in [5.74, 6) is 1.02. The molecule has 28 heavy (non-hydrogen) atoms. The number of carbonyl (C=O) groups excluding carboxylic acids is 1. The summed E-state index contributed by atoms with van der Waals surface area (Å²) in [5.41, 5.74) is -0.322. The highest BCUT2D eigenvalue weighted by Gasteiger charge is 2.30. The molecule has 4 nitrogen and oxygen atoms in total. The number of hydrogen-bond acceptors (Lipinski definition) is 3. The molecule has 0 aliphatic carbocycles. The van der Waals surface area contributed by atoms with Crippen LogP contribution in [0.3, 0.4) is 0 Å². The van der Waals surface area contributed by atoms with Crippen molar-refractivity contribution in [3.8, 4) is 11.5 Å². The molecule has 0 saturated heterocycles. The molecule has 2 aromatic rings. The van der Waals surface area contributed by atoms with E-state index in [1.54, 1.807) is 19.1 Å². The third-order valence-electron chi connectivity index (χ3n) is 4.05. The minimum absolute atomic E-state index is 0.208. The van der Waals surface area contributed by atoms with Crippen LogP contribution in [-0.2, 0) is 11.0 Å². The van der Waals surface area contributed by atoms with Gasteiger partial charge >= 0.3 is 6.18 Å². The first kappa shape index (κ1) is 21.6. The minimum Gasteiger partial charge on any atom is -0.490 e. The fourth-order valence-corrected chi connectivity index (χ4v) is 2.64. The van der Waals surface area contributed by atoms with E-state index in [1.165, 1.54) is 6.07 Å². The number of nitrogens with one attached hydrogen (secondary N) is 1. The number of hydrogen-bond donors (Lipinski definition) is 1. The van der Waals surface area contributed by atoms with Crippen molar-refractivity contribution < 1.29 is 27.4 Å². The van der Waals surface area contributed by atoms with E-state index in [-0.39, 0.29) is 12.3 Å². The lowest BCUT2D eigenvalue weighted by molar-refractivity contribution is -0.137. The normalized spacial score (nSPS) is 12.3. The lowest BCUT2D eigenvalue weighted by Crippen LogP contribution is -2.27. The molecular weight excluding hydrogens is 371 g/mol. The van der Waals surface area contributed by atoms with E-state index < -0.39 is 17.8 Å². The smallest absolute Gasteiger partial charge is 0.416 e. The molecule has 0 spiro atoms. The van der Waals surface area contributed by atoms with Crippen LogP contribution < -0.4 is 14.8 Å². The number of ether oxygens (including phenoxy) is 2. The van der Waals surface area contributed by atoms with Crippen molar-refractivity contribution in [2.45, 2.75) is 38.9 Å². The summed E-state index contributed by atoms with van der Waals surface area (Å²) in [6.45, 7) is 4.39. The van der Waals surface area contributed by atoms with Crippen LogP contribution >= 0.6 is 0 Å². The molecule has 1 unspecified atom stereocenters. The van der Waals surface area contributed by atoms with E-state index in [9.17, 15) is 18.0 Å². The number of para-hydroxylation sites is 2. The van der Waals surface area contributed by atoms with Crippen molar-refractivity contribution >= 4 is 5.91 Å². The second-order valence-electron chi connectivity index (χ2n) is 6.24. The Hall–Kier alpha value is -2.70. The lowest BCUT2D eigenvalue weighted by atomic mass is 10.0. The number of carbonyl (C=O) groups is 1. The molecular formula is C21H24F3NO3. The van der Waals surface area contributed by atoms with Gasteiger partial charge < -0.3 is 14.8 Å². The van der Waals surface area contributed by atoms with E-state index in [2.05, 4.69) is 5.32 Å². The molecule has 0 heterocycles. The standard InChI is InChI=1S/C21H24F3NO3/c1-3-27-18-10-4-5-11-19(18)28-13-7-12-20(26)25-15(2)16-8-6-9-17(14-16)21(22,23)24/h4-6,8-11,14-15H,3,7,12-13H2,1-2H3,(H,25,26). The Morgan fingerprint density at radius 2 is 1.75 bits per heavy atom. The van der Waals surface area contributed by atoms with Gasteiger partial charge in [-0.1, -0.05) is 24.3 Å². The van der Waals surface area contributed by atoms with Gasteiger partial charge in [-0.3, -0.25) is 4.79 Å². The molecule has 7 heteroatoms. The monoisotopic (exact) mass is 395 g/mol. The molecule has 1 atom stereocenters. The molecule has 0 aliphatic rings. The molecule has 0 saturated carbocycles. The molecule has 0 fully saturated rings. The van der Waals surface area contributed by atoms with Crippen molar-refractivity contribution in [2.24, 2.45) is 0 Å². The van der Waals surface area contributed by atoms with Gasteiger partial charge in [0.2, 0.25) is 5.91 Å². The Morgan fingerprint density at radius 3 is 2.39 bits per heavy atom. The van der Waals surface area contributed by atoms with E-state index >= 15 is 0 Å². The first-order chi connectivity index (χ1) is 13.3. The summed E-state index contributed by atoms with van der Waals surface area (Å²) in [7, 11) is 0. The van der Waals surface area contributed by atoms with Gasteiger partial charge in [0.05, 0.1) is 24.8 Å². The van der Waals surface area contributed by atoms with Crippen LogP contribution in [0.25, 0.3) is 0 Å². The Kier molecular flexibility index (Phi) is 7.72. The molecule has 1 amide bonds. The van der Waals surface area contributed by atoms with Crippen LogP contribution in [0.1, 0.15) is 43.9 Å². The highest BCUT2D eigenvalue weighted by molar-refractivity contribution is 5.76. The van der Waals surface area contributed by atoms with Gasteiger partial charge in [-0.15, -0.1) is 0 Å². The highest BCUT2D eigenvalue weighted by Crippen LogP contribution is 2.30. The average molecular weight is 395 g/mol. The van der Waals surface area contributed by atoms with Crippen LogP contribution in [0.15, 0.2) is 48.5 Å². The van der Waals surface area contributed by atoms with Crippen molar-refractivity contribution in [1.82, 2.24) is 5.32 Å². The molecule has 2 rings (SSSR count). The van der Waals surface area contributed by atoms with Gasteiger partial charge in [0, 0.05) is 6.42 Å². The molecule has 152 valence electrons. The van der Waals surface area contributed by atoms with E-state index in [0.29, 0.717) is 36.7 Å². The van der Waals surface area contributed by atoms with Gasteiger partial charge in [0.1, 0.15) is 0 Å². The van der Waals surface area contributed by atoms with Gasteiger partial charge in [0.25, 0.3) is 0 Å². The number of benzene rings is 2. The summed E-state index contributed by atoms with van der Waals surface area (Å²) >= 11 is 0. The first-order valence-electron chi connectivity index (χ1n) is 9.12. The van der Waals surface area contributed by atoms with E-state index in [4.69, 9.17) is 9.47 Å². The quantitative estimate of drug-likeness (QED) is 0.598. The van der Waals surface area contributed by atoms with Crippen molar-refractivity contribution in [3.05, 3.63) is 59.7 Å². The third-order valence-corrected chi connectivity index (χ3v) is 4.05. The average Bonchev–Trinajstić information content (AvgIpc) is 2.66. The summed E-state index contributed by atoms with van der Waals surface area (Å²) < 4.78 is 49.5. The van der Waals surface area contributed by atoms with Gasteiger partial charge in [-0.25, -0.2) is 0 Å². The molecule has 0 aliphatic heterocycles. The zero-order valence-electron chi connectivity index (χ0n) is 15.9. The van der Waals surface area contributed by atoms with Gasteiger partial charge in [-0.05, 0) is 50.1 Å². The van der Waals surface area contributed by atoms with Crippen molar-refractivity contribution in [2.75, 3.05) is 13.2 Å². The predicted octanol–water partition coefficient (Wildman–Crippen LogP) is 5.14. The fraction of sp³-hybridized carbons (Fsp3) is 0.381. The summed E-state index contributed by atoms with van der Waals surface area (Å²) in [6, 6.07) is 11.7. The summed E-state index contributed by atoms with van der Waals surface area (Å²) in [6.07, 6.45) is -3.73. The van der Waals surface area contributed by atoms with Crippen LogP contribution in [0, 0.1) is 0 Å². The van der Waals surface area contributed by atoms with Crippen LogP contribution in [-0.4, -0.2) is 19.1 Å². The number of amides is 1. The van der Waals surface area contributed by atoms with E-state index in [1.807, 2.05) is 25.1 Å². The Morgan fingerprint density at radius 1 is 1.07 bits per heavy atom. The van der Waals surface area contributed by atoms with Crippen LogP contribution in [0.5, 0.6) is 11.5 Å². The summed E-state index contributed by atoms with van der Waals surface area (Å²) in [5, 5.41) is 2.72. The lowest BCUT2D eigenvalue weighted by Gasteiger charge is -2.16. The van der Waals surface area contributed by atoms with Crippen molar-refractivity contribution in [1.29, 1.82) is 0 Å². The zero-order chi connectivity index (χ0) is 20.6. The topological polar surface area (TPSA) is 47.6 Å². The Bertz CT molecular complexity index is 777. The van der Waals surface area contributed by atoms with E-state index in [0.717, 1.165) is 12.1 Å². The zero-order valence-corrected chi connectivity index (χ0v) is 15.9. The SMILES string of the molecule is CCOc1ccccc1OCCCC(=O)NC(C)c1cccc(C(F)(F)F)c1. The second kappa shape index (κ2) is 10.0. The maximum absolute atomic E-state index is 12.8. The second-order valence-corrected chi connectivity index (χ2v) is 6.24. The fourth-order valence-electron chi connectivity index (χ4n) is 2.64. The first-order valence-corrected chi connectivity index (χ1v) is 9.12. The molecule has 0 aromatic heterocycles. The Balaban J connectivity index is 1.80. The largest absolute Gasteiger partial charge is 0.490 e. The summed E-state index contributed by atoms with van der Waals surface area (Å²) in [4.78, 5) is 12.1. The number of rotatable bonds is 9. The molecule has 1 N–H and O–H groups in total. The third kappa shape index (κ3) is 6.48. The van der Waals surface area contributed by atoms with Crippen LogP contribution in [0.2, 0.25) is 0 Å². The van der Waals surface area contributed by atoms with Gasteiger partial charge in [-0.2, -0.15) is 13.2 Å². The number of halogens is 3. The van der Waals surface area contributed by atoms with Crippen molar-refractivity contribution in [3.63, 3.8) is 0 Å². The number of alkyl halides is 3. The molecule has 0 bridgehead atoms. The van der Waals surface area contributed by atoms with Gasteiger partial charge in [0.15, 0.2) is 11.5 Å². The molecule has 0 radical (unpaired) electrons. The highest BCUT2D eigenvalue weighted by atomic mass is 19.4. The Labute approximate surface area is 162 Å². The molecule has 2 aromatic carbocycles. The predicted molar refractivity (Wildman–Crippen MR) is 100 cm³/mol. The van der Waals surface area contributed by atoms with Crippen LogP contribution in [0.4, 0.5) is 13.2 Å². The maximum atomic E-state index is 12.8. The maximum Gasteiger partial charge on any atom is 0.416 e.